The number of hydrogen-bond acceptors (Lipinski definition) is 4. The zero-order chi connectivity index (χ0) is 17.6. The third kappa shape index (κ3) is 2.50. The molecule has 0 unspecified atom stereocenters. The van der Waals surface area contributed by atoms with Gasteiger partial charge in [-0.2, -0.15) is 5.10 Å². The third-order valence-corrected chi connectivity index (χ3v) is 4.35. The summed E-state index contributed by atoms with van der Waals surface area (Å²) in [5.41, 5.74) is 0.756. The molecule has 0 saturated heterocycles. The van der Waals surface area contributed by atoms with Gasteiger partial charge in [0.1, 0.15) is 5.75 Å². The molecule has 8 heteroatoms. The fourth-order valence-electron chi connectivity index (χ4n) is 2.53. The summed E-state index contributed by atoms with van der Waals surface area (Å²) in [5.74, 6) is -0.745. The number of anilines is 2. The maximum atomic E-state index is 12.7. The fourth-order valence-corrected chi connectivity index (χ4v) is 2.71. The van der Waals surface area contributed by atoms with Gasteiger partial charge in [-0.1, -0.05) is 11.6 Å². The first-order chi connectivity index (χ1) is 11.2. The Morgan fingerprint density at radius 2 is 2.12 bits per heavy atom. The van der Waals surface area contributed by atoms with Gasteiger partial charge in [-0.05, 0) is 39.0 Å². The summed E-state index contributed by atoms with van der Waals surface area (Å²) in [6.45, 7) is 5.04. The number of aromatic nitrogens is 2. The van der Waals surface area contributed by atoms with Crippen LogP contribution in [0.15, 0.2) is 18.2 Å². The number of rotatable bonds is 2. The van der Waals surface area contributed by atoms with Gasteiger partial charge in [-0.25, -0.2) is 0 Å². The molecular formula is C16H17ClN4O3. The van der Waals surface area contributed by atoms with Crippen molar-refractivity contribution in [3.63, 3.8) is 0 Å². The first-order valence-electron chi connectivity index (χ1n) is 7.34. The molecule has 2 heterocycles. The number of amides is 2. The van der Waals surface area contributed by atoms with Gasteiger partial charge in [0.2, 0.25) is 0 Å². The molecule has 0 aliphatic carbocycles. The van der Waals surface area contributed by atoms with Crippen LogP contribution in [-0.4, -0.2) is 27.2 Å². The Morgan fingerprint density at radius 1 is 1.42 bits per heavy atom. The minimum atomic E-state index is -1.70. The molecule has 0 fully saturated rings. The average molecular weight is 349 g/mol. The zero-order valence-electron chi connectivity index (χ0n) is 13.7. The number of hydrogen-bond donors (Lipinski definition) is 2. The van der Waals surface area contributed by atoms with Crippen molar-refractivity contribution in [3.05, 3.63) is 34.6 Å². The first kappa shape index (κ1) is 16.3. The lowest BCUT2D eigenvalue weighted by atomic mass is 10.0. The minimum absolute atomic E-state index is 0.385. The molecule has 126 valence electrons. The van der Waals surface area contributed by atoms with E-state index in [0.29, 0.717) is 27.8 Å². The van der Waals surface area contributed by atoms with E-state index in [9.17, 15) is 9.59 Å². The van der Waals surface area contributed by atoms with Gasteiger partial charge in [0.15, 0.2) is 0 Å². The molecule has 2 aromatic rings. The highest BCUT2D eigenvalue weighted by molar-refractivity contribution is 6.31. The number of carbonyl (C=O) groups is 2. The Labute approximate surface area is 143 Å². The standard InChI is InChI=1S/C16H17ClN4O3/c1-8-13(9(2)21(4)20-8)19-15(23)16(3)14(22)18-11-7-10(17)5-6-12(11)24-16/h5-7H,1-4H3,(H,18,22)(H,19,23)/t16-/m0/s1. The lowest BCUT2D eigenvalue weighted by Crippen LogP contribution is -2.56. The quantitative estimate of drug-likeness (QED) is 0.816. The van der Waals surface area contributed by atoms with Crippen molar-refractivity contribution in [1.29, 1.82) is 0 Å². The van der Waals surface area contributed by atoms with Crippen molar-refractivity contribution in [2.45, 2.75) is 26.4 Å². The van der Waals surface area contributed by atoms with Crippen LogP contribution < -0.4 is 15.4 Å². The number of fused-ring (bicyclic) bond motifs is 1. The molecule has 0 spiro atoms. The summed E-state index contributed by atoms with van der Waals surface area (Å²) in [6.07, 6.45) is 0. The SMILES string of the molecule is Cc1nn(C)c(C)c1NC(=O)[C@@]1(C)Oc2ccc(Cl)cc2NC1=O. The molecule has 1 aliphatic heterocycles. The van der Waals surface area contributed by atoms with Crippen molar-refractivity contribution in [1.82, 2.24) is 9.78 Å². The van der Waals surface area contributed by atoms with Crippen LogP contribution in [0.1, 0.15) is 18.3 Å². The molecule has 2 amide bonds. The van der Waals surface area contributed by atoms with Gasteiger partial charge in [-0.3, -0.25) is 14.3 Å². The Kier molecular flexibility index (Phi) is 3.76. The molecule has 0 saturated carbocycles. The molecule has 1 aliphatic rings. The average Bonchev–Trinajstić information content (AvgIpc) is 2.75. The number of aryl methyl sites for hydroxylation is 2. The van der Waals surface area contributed by atoms with Crippen LogP contribution in [0.4, 0.5) is 11.4 Å². The Hall–Kier alpha value is -2.54. The van der Waals surface area contributed by atoms with Crippen molar-refractivity contribution < 1.29 is 14.3 Å². The van der Waals surface area contributed by atoms with Crippen molar-refractivity contribution >= 4 is 34.8 Å². The molecule has 1 aromatic heterocycles. The highest BCUT2D eigenvalue weighted by Gasteiger charge is 2.47. The number of carbonyl (C=O) groups excluding carboxylic acids is 2. The predicted octanol–water partition coefficient (Wildman–Crippen LogP) is 2.42. The normalized spacial score (nSPS) is 19.3. The highest BCUT2D eigenvalue weighted by atomic mass is 35.5. The molecule has 2 N–H and O–H groups in total. The second-order valence-corrected chi connectivity index (χ2v) is 6.29. The van der Waals surface area contributed by atoms with E-state index in [1.165, 1.54) is 6.92 Å². The fraction of sp³-hybridized carbons (Fsp3) is 0.312. The van der Waals surface area contributed by atoms with E-state index in [1.54, 1.807) is 36.9 Å². The van der Waals surface area contributed by atoms with Gasteiger partial charge >= 0.3 is 0 Å². The van der Waals surface area contributed by atoms with Crippen molar-refractivity contribution in [3.8, 4) is 5.75 Å². The second kappa shape index (κ2) is 5.52. The van der Waals surface area contributed by atoms with Crippen LogP contribution in [0.5, 0.6) is 5.75 Å². The van der Waals surface area contributed by atoms with Crippen LogP contribution >= 0.6 is 11.6 Å². The smallest absolute Gasteiger partial charge is 0.278 e. The molecule has 1 atom stereocenters. The van der Waals surface area contributed by atoms with E-state index in [0.717, 1.165) is 5.69 Å². The van der Waals surface area contributed by atoms with Crippen LogP contribution in [0, 0.1) is 13.8 Å². The maximum absolute atomic E-state index is 12.7. The molecule has 0 radical (unpaired) electrons. The summed E-state index contributed by atoms with van der Waals surface area (Å²) in [4.78, 5) is 25.2. The van der Waals surface area contributed by atoms with E-state index in [4.69, 9.17) is 16.3 Å². The molecule has 3 rings (SSSR count). The molecular weight excluding hydrogens is 332 g/mol. The number of nitrogens with one attached hydrogen (secondary N) is 2. The summed E-state index contributed by atoms with van der Waals surface area (Å²) < 4.78 is 7.36. The van der Waals surface area contributed by atoms with E-state index in [-0.39, 0.29) is 0 Å². The molecule has 24 heavy (non-hydrogen) atoms. The van der Waals surface area contributed by atoms with Crippen LogP contribution in [0.3, 0.4) is 0 Å². The summed E-state index contributed by atoms with van der Waals surface area (Å²) in [6, 6.07) is 4.82. The first-order valence-corrected chi connectivity index (χ1v) is 7.72. The summed E-state index contributed by atoms with van der Waals surface area (Å²) in [5, 5.41) is 10.1. The summed E-state index contributed by atoms with van der Waals surface area (Å²) in [7, 11) is 1.78. The van der Waals surface area contributed by atoms with Crippen molar-refractivity contribution in [2.75, 3.05) is 10.6 Å². The van der Waals surface area contributed by atoms with Gasteiger partial charge in [-0.15, -0.1) is 0 Å². The lowest BCUT2D eigenvalue weighted by molar-refractivity contribution is -0.143. The van der Waals surface area contributed by atoms with E-state index in [1.807, 2.05) is 6.92 Å². The Bertz CT molecular complexity index is 861. The predicted molar refractivity (Wildman–Crippen MR) is 90.4 cm³/mol. The van der Waals surface area contributed by atoms with E-state index in [2.05, 4.69) is 15.7 Å². The van der Waals surface area contributed by atoms with E-state index < -0.39 is 17.4 Å². The van der Waals surface area contributed by atoms with E-state index >= 15 is 0 Å². The summed E-state index contributed by atoms with van der Waals surface area (Å²) >= 11 is 5.91. The van der Waals surface area contributed by atoms with Gasteiger partial charge in [0, 0.05) is 12.1 Å². The number of benzene rings is 1. The second-order valence-electron chi connectivity index (χ2n) is 5.85. The number of halogens is 1. The highest BCUT2D eigenvalue weighted by Crippen LogP contribution is 2.36. The monoisotopic (exact) mass is 348 g/mol. The topological polar surface area (TPSA) is 85.2 Å². The minimum Gasteiger partial charge on any atom is -0.466 e. The molecule has 0 bridgehead atoms. The van der Waals surface area contributed by atoms with Crippen molar-refractivity contribution in [2.24, 2.45) is 7.05 Å². The van der Waals surface area contributed by atoms with Crippen LogP contribution in [0.2, 0.25) is 5.02 Å². The molecule has 1 aromatic carbocycles. The maximum Gasteiger partial charge on any atom is 0.278 e. The Morgan fingerprint density at radius 3 is 2.75 bits per heavy atom. The lowest BCUT2D eigenvalue weighted by Gasteiger charge is -2.33. The third-order valence-electron chi connectivity index (χ3n) is 4.12. The van der Waals surface area contributed by atoms with Crippen LogP contribution in [0.25, 0.3) is 0 Å². The van der Waals surface area contributed by atoms with Gasteiger partial charge in [0.25, 0.3) is 17.4 Å². The number of nitrogens with zero attached hydrogens (tertiary/aromatic N) is 2. The van der Waals surface area contributed by atoms with Gasteiger partial charge < -0.3 is 15.4 Å². The number of ether oxygens (including phenoxy) is 1. The Balaban J connectivity index is 1.91. The largest absolute Gasteiger partial charge is 0.466 e. The molecule has 7 nitrogen and oxygen atoms in total. The van der Waals surface area contributed by atoms with Gasteiger partial charge in [0.05, 0.1) is 22.8 Å². The zero-order valence-corrected chi connectivity index (χ0v) is 14.5. The van der Waals surface area contributed by atoms with Crippen LogP contribution in [-0.2, 0) is 16.6 Å².